The van der Waals surface area contributed by atoms with Crippen LogP contribution in [0.2, 0.25) is 0 Å². The van der Waals surface area contributed by atoms with Crippen molar-refractivity contribution in [1.82, 2.24) is 10.2 Å². The van der Waals surface area contributed by atoms with E-state index in [-0.39, 0.29) is 17.7 Å². The highest BCUT2D eigenvalue weighted by Crippen LogP contribution is 2.22. The molecule has 3 rings (SSSR count). The highest BCUT2D eigenvalue weighted by molar-refractivity contribution is 7.12. The lowest BCUT2D eigenvalue weighted by Crippen LogP contribution is -2.56. The van der Waals surface area contributed by atoms with Gasteiger partial charge >= 0.3 is 0 Å². The molecule has 1 saturated heterocycles. The summed E-state index contributed by atoms with van der Waals surface area (Å²) in [6.07, 6.45) is 0. The summed E-state index contributed by atoms with van der Waals surface area (Å²) >= 11 is 1.38. The highest BCUT2D eigenvalue weighted by atomic mass is 32.1. The van der Waals surface area contributed by atoms with E-state index in [1.807, 2.05) is 48.4 Å². The first kappa shape index (κ1) is 20.2. The van der Waals surface area contributed by atoms with Gasteiger partial charge in [0.1, 0.15) is 11.8 Å². The molecule has 1 fully saturated rings. The lowest BCUT2D eigenvalue weighted by atomic mass is 10.0. The fourth-order valence-corrected chi connectivity index (χ4v) is 3.95. The number of methoxy groups -OCH3 is 1. The van der Waals surface area contributed by atoms with Crippen LogP contribution >= 0.6 is 11.3 Å². The molecule has 1 aromatic heterocycles. The molecule has 1 aromatic carbocycles. The lowest BCUT2D eigenvalue weighted by molar-refractivity contribution is -0.134. The molecule has 1 aliphatic rings. The first-order chi connectivity index (χ1) is 13.5. The summed E-state index contributed by atoms with van der Waals surface area (Å²) < 4.78 is 5.30. The number of nitrogens with zero attached hydrogens (tertiary/aromatic N) is 2. The molecular formula is C21H27N3O3S. The number of hydrogen-bond acceptors (Lipinski definition) is 5. The normalized spacial score (nSPS) is 15.4. The SMILES string of the molecule is COc1cccc(N2CCN(C(=O)[C@H](NC(=O)c3cccs3)C(C)C)CC2)c1. The number of anilines is 1. The second-order valence-corrected chi connectivity index (χ2v) is 8.13. The van der Waals surface area contributed by atoms with Crippen LogP contribution in [0.1, 0.15) is 23.5 Å². The van der Waals surface area contributed by atoms with Crippen LogP contribution in [0.4, 0.5) is 5.69 Å². The average molecular weight is 402 g/mol. The molecule has 7 heteroatoms. The Morgan fingerprint density at radius 3 is 2.46 bits per heavy atom. The minimum Gasteiger partial charge on any atom is -0.497 e. The molecule has 0 aliphatic carbocycles. The maximum atomic E-state index is 13.1. The molecule has 150 valence electrons. The summed E-state index contributed by atoms with van der Waals surface area (Å²) in [4.78, 5) is 30.2. The lowest BCUT2D eigenvalue weighted by Gasteiger charge is -2.38. The highest BCUT2D eigenvalue weighted by Gasteiger charge is 2.31. The van der Waals surface area contributed by atoms with E-state index in [4.69, 9.17) is 4.74 Å². The number of ether oxygens (including phenoxy) is 1. The van der Waals surface area contributed by atoms with Crippen molar-refractivity contribution in [1.29, 1.82) is 0 Å². The van der Waals surface area contributed by atoms with Crippen molar-refractivity contribution in [3.63, 3.8) is 0 Å². The molecule has 0 unspecified atom stereocenters. The van der Waals surface area contributed by atoms with Gasteiger partial charge in [0.25, 0.3) is 5.91 Å². The fourth-order valence-electron chi connectivity index (χ4n) is 3.32. The minimum absolute atomic E-state index is 0.00908. The van der Waals surface area contributed by atoms with Crippen molar-refractivity contribution in [2.45, 2.75) is 19.9 Å². The summed E-state index contributed by atoms with van der Waals surface area (Å²) in [5.74, 6) is 0.655. The Labute approximate surface area is 170 Å². The molecule has 1 atom stereocenters. The summed E-state index contributed by atoms with van der Waals surface area (Å²) in [7, 11) is 1.66. The topological polar surface area (TPSA) is 61.9 Å². The molecule has 0 spiro atoms. The van der Waals surface area contributed by atoms with Gasteiger partial charge in [-0.25, -0.2) is 0 Å². The average Bonchev–Trinajstić information content (AvgIpc) is 3.26. The molecule has 2 aromatic rings. The van der Waals surface area contributed by atoms with Gasteiger partial charge in [-0.15, -0.1) is 11.3 Å². The van der Waals surface area contributed by atoms with E-state index in [1.165, 1.54) is 11.3 Å². The van der Waals surface area contributed by atoms with Crippen LogP contribution < -0.4 is 15.0 Å². The number of thiophene rings is 1. The van der Waals surface area contributed by atoms with Crippen molar-refractivity contribution in [3.8, 4) is 5.75 Å². The first-order valence-corrected chi connectivity index (χ1v) is 10.4. The number of benzene rings is 1. The number of rotatable bonds is 6. The van der Waals surface area contributed by atoms with Crippen molar-refractivity contribution in [2.75, 3.05) is 38.2 Å². The van der Waals surface area contributed by atoms with E-state index in [9.17, 15) is 9.59 Å². The van der Waals surface area contributed by atoms with Crippen molar-refractivity contribution < 1.29 is 14.3 Å². The van der Waals surface area contributed by atoms with Gasteiger partial charge in [-0.2, -0.15) is 0 Å². The van der Waals surface area contributed by atoms with E-state index in [2.05, 4.69) is 16.3 Å². The van der Waals surface area contributed by atoms with Crippen LogP contribution in [-0.2, 0) is 4.79 Å². The second-order valence-electron chi connectivity index (χ2n) is 7.19. The minimum atomic E-state index is -0.516. The fraction of sp³-hybridized carbons (Fsp3) is 0.429. The third kappa shape index (κ3) is 4.65. The largest absolute Gasteiger partial charge is 0.497 e. The summed E-state index contributed by atoms with van der Waals surface area (Å²) in [5, 5.41) is 4.78. The van der Waals surface area contributed by atoms with Crippen LogP contribution in [0.3, 0.4) is 0 Å². The Hall–Kier alpha value is -2.54. The predicted octanol–water partition coefficient (Wildman–Crippen LogP) is 2.86. The standard InChI is InChI=1S/C21H27N3O3S/c1-15(2)19(22-20(25)18-8-5-13-28-18)21(26)24-11-9-23(10-12-24)16-6-4-7-17(14-16)27-3/h4-8,13-15,19H,9-12H2,1-3H3,(H,22,25)/t19-/m1/s1. The molecule has 2 amide bonds. The zero-order chi connectivity index (χ0) is 20.1. The Morgan fingerprint density at radius 1 is 1.11 bits per heavy atom. The zero-order valence-electron chi connectivity index (χ0n) is 16.6. The number of hydrogen-bond donors (Lipinski definition) is 1. The van der Waals surface area contributed by atoms with Crippen molar-refractivity contribution in [3.05, 3.63) is 46.7 Å². The van der Waals surface area contributed by atoms with Gasteiger partial charge < -0.3 is 19.9 Å². The van der Waals surface area contributed by atoms with E-state index >= 15 is 0 Å². The summed E-state index contributed by atoms with van der Waals surface area (Å²) in [5.41, 5.74) is 1.10. The van der Waals surface area contributed by atoms with Gasteiger partial charge in [-0.3, -0.25) is 9.59 Å². The summed E-state index contributed by atoms with van der Waals surface area (Å²) in [6.45, 7) is 6.70. The van der Waals surface area contributed by atoms with Crippen LogP contribution in [-0.4, -0.2) is 56.0 Å². The van der Waals surface area contributed by atoms with E-state index in [1.54, 1.807) is 13.2 Å². The molecule has 2 heterocycles. The van der Waals surface area contributed by atoms with E-state index < -0.39 is 6.04 Å². The van der Waals surface area contributed by atoms with Crippen LogP contribution in [0.15, 0.2) is 41.8 Å². The summed E-state index contributed by atoms with van der Waals surface area (Å²) in [6, 6.07) is 11.1. The van der Waals surface area contributed by atoms with Gasteiger partial charge in [-0.05, 0) is 29.5 Å². The second kappa shape index (κ2) is 9.10. The molecule has 6 nitrogen and oxygen atoms in total. The zero-order valence-corrected chi connectivity index (χ0v) is 17.4. The molecule has 28 heavy (non-hydrogen) atoms. The van der Waals surface area contributed by atoms with Gasteiger partial charge in [0.05, 0.1) is 12.0 Å². The van der Waals surface area contributed by atoms with Crippen LogP contribution in [0.25, 0.3) is 0 Å². The van der Waals surface area contributed by atoms with Crippen molar-refractivity contribution in [2.24, 2.45) is 5.92 Å². The van der Waals surface area contributed by atoms with Gasteiger partial charge in [0.2, 0.25) is 5.91 Å². The van der Waals surface area contributed by atoms with Gasteiger partial charge in [-0.1, -0.05) is 26.0 Å². The molecule has 0 bridgehead atoms. The number of amides is 2. The molecular weight excluding hydrogens is 374 g/mol. The third-order valence-electron chi connectivity index (χ3n) is 4.97. The van der Waals surface area contributed by atoms with Crippen LogP contribution in [0, 0.1) is 5.92 Å². The maximum Gasteiger partial charge on any atom is 0.262 e. The van der Waals surface area contributed by atoms with Gasteiger partial charge in [0, 0.05) is 37.9 Å². The first-order valence-electron chi connectivity index (χ1n) is 9.51. The third-order valence-corrected chi connectivity index (χ3v) is 5.84. The molecule has 0 saturated carbocycles. The Bertz CT molecular complexity index is 799. The molecule has 1 aliphatic heterocycles. The number of carbonyl (C=O) groups excluding carboxylic acids is 2. The van der Waals surface area contributed by atoms with Crippen molar-refractivity contribution >= 4 is 28.8 Å². The Balaban J connectivity index is 1.61. The predicted molar refractivity (Wildman–Crippen MR) is 112 cm³/mol. The van der Waals surface area contributed by atoms with Gasteiger partial charge in [0.15, 0.2) is 0 Å². The van der Waals surface area contributed by atoms with E-state index in [0.717, 1.165) is 24.5 Å². The number of nitrogens with one attached hydrogen (secondary N) is 1. The number of piperazine rings is 1. The Morgan fingerprint density at radius 2 is 1.86 bits per heavy atom. The van der Waals surface area contributed by atoms with Crippen LogP contribution in [0.5, 0.6) is 5.75 Å². The monoisotopic (exact) mass is 401 g/mol. The smallest absolute Gasteiger partial charge is 0.262 e. The Kier molecular flexibility index (Phi) is 6.57. The number of carbonyl (C=O) groups is 2. The molecule has 1 N–H and O–H groups in total. The quantitative estimate of drug-likeness (QED) is 0.809. The van der Waals surface area contributed by atoms with E-state index in [0.29, 0.717) is 18.0 Å². The maximum absolute atomic E-state index is 13.1. The molecule has 0 radical (unpaired) electrons.